The zero-order valence-electron chi connectivity index (χ0n) is 11.8. The molecule has 1 atom stereocenters. The van der Waals surface area contributed by atoms with E-state index in [9.17, 15) is 13.2 Å². The Morgan fingerprint density at radius 1 is 1.21 bits per heavy atom. The lowest BCUT2D eigenvalue weighted by molar-refractivity contribution is -0.132. The highest BCUT2D eigenvalue weighted by atomic mass is 32.2. The Morgan fingerprint density at radius 3 is 2.26 bits per heavy atom. The lowest BCUT2D eigenvalue weighted by Crippen LogP contribution is -2.51. The van der Waals surface area contributed by atoms with Crippen molar-refractivity contribution in [2.45, 2.75) is 39.2 Å². The molecule has 7 heteroatoms. The van der Waals surface area contributed by atoms with E-state index < -0.39 is 10.0 Å². The molecule has 0 radical (unpaired) electrons. The third-order valence-corrected chi connectivity index (χ3v) is 5.48. The fraction of sp³-hybridized carbons (Fsp3) is 0.917. The molecule has 2 N–H and O–H groups in total. The van der Waals surface area contributed by atoms with E-state index in [4.69, 9.17) is 5.73 Å². The van der Waals surface area contributed by atoms with Crippen molar-refractivity contribution in [3.8, 4) is 0 Å². The number of sulfonamides is 1. The molecule has 1 saturated heterocycles. The van der Waals surface area contributed by atoms with E-state index in [1.165, 1.54) is 4.31 Å². The van der Waals surface area contributed by atoms with Gasteiger partial charge in [-0.2, -0.15) is 4.31 Å². The quantitative estimate of drug-likeness (QED) is 0.746. The molecule has 19 heavy (non-hydrogen) atoms. The topological polar surface area (TPSA) is 83.7 Å². The fourth-order valence-corrected chi connectivity index (χ4v) is 3.59. The molecule has 0 saturated carbocycles. The number of carbonyl (C=O) groups is 1. The first kappa shape index (κ1) is 16.4. The molecule has 0 spiro atoms. The molecule has 1 aliphatic heterocycles. The van der Waals surface area contributed by atoms with Crippen LogP contribution in [-0.4, -0.2) is 61.5 Å². The van der Waals surface area contributed by atoms with E-state index >= 15 is 0 Å². The standard InChI is InChI=1S/C12H25N3O3S/c1-3-9-19(17,18)15-7-5-14(6-8-15)12(16)10-11(13)4-2/h11H,3-10,13H2,1-2H3. The monoisotopic (exact) mass is 291 g/mol. The minimum Gasteiger partial charge on any atom is -0.340 e. The Hall–Kier alpha value is -0.660. The van der Waals surface area contributed by atoms with Gasteiger partial charge in [0, 0.05) is 38.6 Å². The van der Waals surface area contributed by atoms with Gasteiger partial charge in [0.15, 0.2) is 0 Å². The third kappa shape index (κ3) is 4.74. The van der Waals surface area contributed by atoms with Crippen LogP contribution in [0.15, 0.2) is 0 Å². The number of rotatable bonds is 6. The summed E-state index contributed by atoms with van der Waals surface area (Å²) in [5.74, 6) is 0.212. The summed E-state index contributed by atoms with van der Waals surface area (Å²) in [7, 11) is -3.14. The van der Waals surface area contributed by atoms with Crippen molar-refractivity contribution in [2.24, 2.45) is 5.73 Å². The third-order valence-electron chi connectivity index (χ3n) is 3.41. The zero-order valence-corrected chi connectivity index (χ0v) is 12.7. The van der Waals surface area contributed by atoms with Crippen molar-refractivity contribution < 1.29 is 13.2 Å². The molecule has 0 bridgehead atoms. The molecule has 1 fully saturated rings. The smallest absolute Gasteiger partial charge is 0.224 e. The molecule has 6 nitrogen and oxygen atoms in total. The Morgan fingerprint density at radius 2 is 1.79 bits per heavy atom. The molecule has 112 valence electrons. The second kappa shape index (κ2) is 7.21. The van der Waals surface area contributed by atoms with Gasteiger partial charge >= 0.3 is 0 Å². The van der Waals surface area contributed by atoms with Crippen molar-refractivity contribution in [3.63, 3.8) is 0 Å². The van der Waals surface area contributed by atoms with Crippen LogP contribution in [0.2, 0.25) is 0 Å². The highest BCUT2D eigenvalue weighted by Gasteiger charge is 2.28. The lowest BCUT2D eigenvalue weighted by Gasteiger charge is -2.34. The van der Waals surface area contributed by atoms with Gasteiger partial charge in [0.25, 0.3) is 0 Å². The zero-order chi connectivity index (χ0) is 14.5. The summed E-state index contributed by atoms with van der Waals surface area (Å²) in [5, 5.41) is 0. The largest absolute Gasteiger partial charge is 0.340 e. The highest BCUT2D eigenvalue weighted by molar-refractivity contribution is 7.89. The second-order valence-electron chi connectivity index (χ2n) is 4.97. The summed E-state index contributed by atoms with van der Waals surface area (Å²) in [5.41, 5.74) is 5.76. The molecule has 1 unspecified atom stereocenters. The first-order valence-electron chi connectivity index (χ1n) is 6.91. The molecule has 1 heterocycles. The second-order valence-corrected chi connectivity index (χ2v) is 7.06. The van der Waals surface area contributed by atoms with E-state index in [0.29, 0.717) is 39.0 Å². The number of nitrogens with zero attached hydrogens (tertiary/aromatic N) is 2. The molecule has 0 aliphatic carbocycles. The van der Waals surface area contributed by atoms with Crippen LogP contribution in [0.4, 0.5) is 0 Å². The van der Waals surface area contributed by atoms with Gasteiger partial charge < -0.3 is 10.6 Å². The predicted octanol–water partition coefficient (Wildman–Crippen LogP) is -0.00220. The summed E-state index contributed by atoms with van der Waals surface area (Å²) in [6.45, 7) is 5.54. The van der Waals surface area contributed by atoms with Crippen LogP contribution in [0.25, 0.3) is 0 Å². The lowest BCUT2D eigenvalue weighted by atomic mass is 10.1. The van der Waals surface area contributed by atoms with E-state index in [-0.39, 0.29) is 17.7 Å². The average Bonchev–Trinajstić information content (AvgIpc) is 2.38. The van der Waals surface area contributed by atoms with Crippen LogP contribution in [0, 0.1) is 0 Å². The van der Waals surface area contributed by atoms with Crippen LogP contribution in [0.3, 0.4) is 0 Å². The molecule has 0 aromatic heterocycles. The number of nitrogens with two attached hydrogens (primary N) is 1. The molecule has 1 aliphatic rings. The van der Waals surface area contributed by atoms with Gasteiger partial charge in [-0.05, 0) is 12.8 Å². The van der Waals surface area contributed by atoms with Gasteiger partial charge in [-0.15, -0.1) is 0 Å². The number of carbonyl (C=O) groups excluding carboxylic acids is 1. The van der Waals surface area contributed by atoms with Gasteiger partial charge in [-0.3, -0.25) is 4.79 Å². The summed E-state index contributed by atoms with van der Waals surface area (Å²) >= 11 is 0. The SMILES string of the molecule is CCCS(=O)(=O)N1CCN(C(=O)CC(N)CC)CC1. The molecule has 0 aromatic carbocycles. The van der Waals surface area contributed by atoms with Crippen molar-refractivity contribution in [3.05, 3.63) is 0 Å². The van der Waals surface area contributed by atoms with Crippen molar-refractivity contribution in [2.75, 3.05) is 31.9 Å². The summed E-state index contributed by atoms with van der Waals surface area (Å²) in [6, 6.07) is -0.102. The van der Waals surface area contributed by atoms with E-state index in [2.05, 4.69) is 0 Å². The Balaban J connectivity index is 2.47. The van der Waals surface area contributed by atoms with E-state index in [1.54, 1.807) is 4.90 Å². The van der Waals surface area contributed by atoms with Gasteiger partial charge in [0.05, 0.1) is 5.75 Å². The normalized spacial score (nSPS) is 19.4. The van der Waals surface area contributed by atoms with Crippen LogP contribution >= 0.6 is 0 Å². The van der Waals surface area contributed by atoms with E-state index in [0.717, 1.165) is 6.42 Å². The fourth-order valence-electron chi connectivity index (χ4n) is 2.10. The minimum atomic E-state index is -3.14. The van der Waals surface area contributed by atoms with Crippen molar-refractivity contribution in [1.82, 2.24) is 9.21 Å². The number of piperazine rings is 1. The van der Waals surface area contributed by atoms with Crippen LogP contribution in [0.5, 0.6) is 0 Å². The van der Waals surface area contributed by atoms with E-state index in [1.807, 2.05) is 13.8 Å². The van der Waals surface area contributed by atoms with Crippen molar-refractivity contribution >= 4 is 15.9 Å². The molecular weight excluding hydrogens is 266 g/mol. The minimum absolute atomic E-state index is 0.0295. The molecular formula is C12H25N3O3S. The van der Waals surface area contributed by atoms with Gasteiger partial charge in [-0.25, -0.2) is 8.42 Å². The Labute approximate surface area is 116 Å². The summed E-state index contributed by atoms with van der Waals surface area (Å²) in [6.07, 6.45) is 1.74. The predicted molar refractivity (Wildman–Crippen MR) is 75.1 cm³/mol. The Kier molecular flexibility index (Phi) is 6.22. The highest BCUT2D eigenvalue weighted by Crippen LogP contribution is 2.10. The first-order chi connectivity index (χ1) is 8.90. The maximum Gasteiger partial charge on any atom is 0.224 e. The number of amides is 1. The van der Waals surface area contributed by atoms with Gasteiger partial charge in [-0.1, -0.05) is 13.8 Å². The summed E-state index contributed by atoms with van der Waals surface area (Å²) in [4.78, 5) is 13.6. The van der Waals surface area contributed by atoms with Crippen LogP contribution in [-0.2, 0) is 14.8 Å². The van der Waals surface area contributed by atoms with Gasteiger partial charge in [0.1, 0.15) is 0 Å². The molecule has 0 aromatic rings. The first-order valence-corrected chi connectivity index (χ1v) is 8.52. The van der Waals surface area contributed by atoms with Crippen LogP contribution < -0.4 is 5.73 Å². The molecule has 1 rings (SSSR count). The van der Waals surface area contributed by atoms with Crippen LogP contribution in [0.1, 0.15) is 33.1 Å². The number of hydrogen-bond donors (Lipinski definition) is 1. The maximum atomic E-state index is 11.9. The Bertz CT molecular complexity index is 389. The number of hydrogen-bond acceptors (Lipinski definition) is 4. The van der Waals surface area contributed by atoms with Crippen molar-refractivity contribution in [1.29, 1.82) is 0 Å². The molecule has 1 amide bonds. The summed E-state index contributed by atoms with van der Waals surface area (Å²) < 4.78 is 25.3. The maximum absolute atomic E-state index is 11.9. The van der Waals surface area contributed by atoms with Gasteiger partial charge in [0.2, 0.25) is 15.9 Å². The average molecular weight is 291 g/mol.